The molecular weight excluding hydrogens is 416 g/mol. The Morgan fingerprint density at radius 2 is 1.73 bits per heavy atom. The fourth-order valence-corrected chi connectivity index (χ4v) is 3.98. The summed E-state index contributed by atoms with van der Waals surface area (Å²) in [6.07, 6.45) is 0.423. The zero-order valence-corrected chi connectivity index (χ0v) is 16.6. The smallest absolute Gasteiger partial charge is 0.325 e. The van der Waals surface area contributed by atoms with Gasteiger partial charge < -0.3 is 10.2 Å². The minimum absolute atomic E-state index is 0.118. The first-order chi connectivity index (χ1) is 14.3. The highest BCUT2D eigenvalue weighted by Gasteiger charge is 2.52. The van der Waals surface area contributed by atoms with Crippen LogP contribution in [0.5, 0.6) is 0 Å². The van der Waals surface area contributed by atoms with Crippen molar-refractivity contribution in [3.63, 3.8) is 0 Å². The predicted molar refractivity (Wildman–Crippen MR) is 105 cm³/mol. The topological polar surface area (TPSA) is 69.7 Å². The fraction of sp³-hybridized carbons (Fsp3) is 0.286. The first-order valence-electron chi connectivity index (χ1n) is 9.42. The van der Waals surface area contributed by atoms with Gasteiger partial charge in [-0.05, 0) is 42.7 Å². The summed E-state index contributed by atoms with van der Waals surface area (Å²) in [6.45, 7) is 0.444. The molecule has 4 amide bonds. The molecule has 2 heterocycles. The molecule has 156 valence electrons. The molecule has 6 nitrogen and oxygen atoms in total. The Morgan fingerprint density at radius 3 is 2.37 bits per heavy atom. The summed E-state index contributed by atoms with van der Waals surface area (Å²) in [5, 5.41) is 3.33. The maximum atomic E-state index is 13.9. The Morgan fingerprint density at radius 1 is 1.07 bits per heavy atom. The molecular formula is C21H18ClF2N3O3. The van der Waals surface area contributed by atoms with Crippen LogP contribution in [-0.4, -0.2) is 46.3 Å². The first kappa shape index (κ1) is 20.3. The summed E-state index contributed by atoms with van der Waals surface area (Å²) in [5.41, 5.74) is -0.542. The van der Waals surface area contributed by atoms with E-state index in [-0.39, 0.29) is 43.9 Å². The highest BCUT2D eigenvalue weighted by atomic mass is 35.5. The van der Waals surface area contributed by atoms with Crippen LogP contribution in [0.3, 0.4) is 0 Å². The summed E-state index contributed by atoms with van der Waals surface area (Å²) >= 11 is 5.87. The summed E-state index contributed by atoms with van der Waals surface area (Å²) in [6, 6.07) is 9.16. The second-order valence-corrected chi connectivity index (χ2v) is 7.88. The van der Waals surface area contributed by atoms with E-state index in [4.69, 9.17) is 11.6 Å². The molecule has 0 aromatic heterocycles. The lowest BCUT2D eigenvalue weighted by molar-refractivity contribution is -0.133. The van der Waals surface area contributed by atoms with E-state index < -0.39 is 29.1 Å². The molecule has 0 radical (unpaired) electrons. The molecule has 4 rings (SSSR count). The van der Waals surface area contributed by atoms with Crippen LogP contribution in [0, 0.1) is 11.6 Å². The van der Waals surface area contributed by atoms with Crippen LogP contribution in [-0.2, 0) is 11.3 Å². The number of halogens is 3. The Hall–Kier alpha value is -3.00. The highest BCUT2D eigenvalue weighted by molar-refractivity contribution is 6.30. The van der Waals surface area contributed by atoms with E-state index in [1.165, 1.54) is 4.90 Å². The van der Waals surface area contributed by atoms with Gasteiger partial charge in [-0.25, -0.2) is 13.6 Å². The van der Waals surface area contributed by atoms with E-state index in [1.807, 2.05) is 0 Å². The molecule has 0 bridgehead atoms. The van der Waals surface area contributed by atoms with Crippen LogP contribution in [0.15, 0.2) is 42.5 Å². The van der Waals surface area contributed by atoms with Gasteiger partial charge in [0.2, 0.25) is 0 Å². The zero-order valence-electron chi connectivity index (χ0n) is 15.8. The lowest BCUT2D eigenvalue weighted by Gasteiger charge is -2.37. The maximum absolute atomic E-state index is 13.9. The standard InChI is InChI=1S/C21H18ClF2N3O3/c22-14-3-1-13(2-4-14)12-27-19(29)21(25-20(27)30)7-9-26(10-8-21)18(28)16-6-5-15(23)11-17(16)24/h1-6,11H,7-10,12H2,(H,25,30). The van der Waals surface area contributed by atoms with Gasteiger partial charge in [-0.15, -0.1) is 0 Å². The van der Waals surface area contributed by atoms with Crippen molar-refractivity contribution in [2.45, 2.75) is 24.9 Å². The molecule has 9 heteroatoms. The van der Waals surface area contributed by atoms with Crippen LogP contribution in [0.2, 0.25) is 5.02 Å². The van der Waals surface area contributed by atoms with E-state index in [0.29, 0.717) is 11.1 Å². The van der Waals surface area contributed by atoms with Crippen molar-refractivity contribution in [1.82, 2.24) is 15.1 Å². The number of carbonyl (C=O) groups excluding carboxylic acids is 3. The number of hydrogen-bond acceptors (Lipinski definition) is 3. The van der Waals surface area contributed by atoms with Gasteiger partial charge in [0, 0.05) is 24.2 Å². The number of benzene rings is 2. The summed E-state index contributed by atoms with van der Waals surface area (Å²) in [7, 11) is 0. The predicted octanol–water partition coefficient (Wildman–Crippen LogP) is 3.35. The molecule has 2 saturated heterocycles. The third kappa shape index (κ3) is 3.63. The molecule has 1 N–H and O–H groups in total. The third-order valence-electron chi connectivity index (χ3n) is 5.57. The van der Waals surface area contributed by atoms with Crippen molar-refractivity contribution < 1.29 is 23.2 Å². The zero-order chi connectivity index (χ0) is 21.5. The van der Waals surface area contributed by atoms with Crippen molar-refractivity contribution in [3.8, 4) is 0 Å². The van der Waals surface area contributed by atoms with Crippen LogP contribution in [0.1, 0.15) is 28.8 Å². The van der Waals surface area contributed by atoms with Gasteiger partial charge in [0.1, 0.15) is 17.2 Å². The van der Waals surface area contributed by atoms with Gasteiger partial charge in [0.05, 0.1) is 12.1 Å². The second-order valence-electron chi connectivity index (χ2n) is 7.45. The number of urea groups is 1. The molecule has 1 spiro atoms. The van der Waals surface area contributed by atoms with E-state index in [1.54, 1.807) is 24.3 Å². The third-order valence-corrected chi connectivity index (χ3v) is 5.82. The Balaban J connectivity index is 1.44. The molecule has 0 atom stereocenters. The van der Waals surface area contributed by atoms with Gasteiger partial charge in [0.25, 0.3) is 11.8 Å². The average Bonchev–Trinajstić information content (AvgIpc) is 2.94. The van der Waals surface area contributed by atoms with Crippen LogP contribution in [0.4, 0.5) is 13.6 Å². The van der Waals surface area contributed by atoms with Crippen LogP contribution < -0.4 is 5.32 Å². The number of nitrogens with zero attached hydrogens (tertiary/aromatic N) is 2. The van der Waals surface area contributed by atoms with Gasteiger partial charge in [-0.2, -0.15) is 0 Å². The molecule has 2 aliphatic heterocycles. The maximum Gasteiger partial charge on any atom is 0.325 e. The van der Waals surface area contributed by atoms with Gasteiger partial charge >= 0.3 is 6.03 Å². The van der Waals surface area contributed by atoms with Crippen molar-refractivity contribution in [2.75, 3.05) is 13.1 Å². The lowest BCUT2D eigenvalue weighted by atomic mass is 9.87. The molecule has 2 fully saturated rings. The minimum atomic E-state index is -1.08. The van der Waals surface area contributed by atoms with E-state index >= 15 is 0 Å². The molecule has 2 aromatic carbocycles. The molecule has 2 aliphatic rings. The van der Waals surface area contributed by atoms with E-state index in [9.17, 15) is 23.2 Å². The Kier molecular flexibility index (Phi) is 5.19. The molecule has 0 aliphatic carbocycles. The SMILES string of the molecule is O=C(c1ccc(F)cc1F)N1CCC2(CC1)NC(=O)N(Cc1ccc(Cl)cc1)C2=O. The minimum Gasteiger partial charge on any atom is -0.338 e. The second kappa shape index (κ2) is 7.68. The number of piperidine rings is 1. The molecule has 0 unspecified atom stereocenters. The molecule has 2 aromatic rings. The summed E-state index contributed by atoms with van der Waals surface area (Å²) in [5.74, 6) is -2.61. The first-order valence-corrected chi connectivity index (χ1v) is 9.80. The molecule has 0 saturated carbocycles. The number of carbonyl (C=O) groups is 3. The summed E-state index contributed by atoms with van der Waals surface area (Å²) < 4.78 is 27.0. The summed E-state index contributed by atoms with van der Waals surface area (Å²) in [4.78, 5) is 40.6. The van der Waals surface area contributed by atoms with Crippen molar-refractivity contribution in [2.24, 2.45) is 0 Å². The lowest BCUT2D eigenvalue weighted by Crippen LogP contribution is -2.55. The van der Waals surface area contributed by atoms with Gasteiger partial charge in [0.15, 0.2) is 0 Å². The number of amides is 4. The van der Waals surface area contributed by atoms with Gasteiger partial charge in [-0.1, -0.05) is 23.7 Å². The monoisotopic (exact) mass is 433 g/mol. The Labute approximate surface area is 176 Å². The fourth-order valence-electron chi connectivity index (χ4n) is 3.86. The highest BCUT2D eigenvalue weighted by Crippen LogP contribution is 2.31. The van der Waals surface area contributed by atoms with Crippen molar-refractivity contribution >= 4 is 29.4 Å². The number of nitrogens with one attached hydrogen (secondary N) is 1. The number of likely N-dealkylation sites (tertiary alicyclic amines) is 1. The quantitative estimate of drug-likeness (QED) is 0.755. The normalized spacial score (nSPS) is 18.1. The van der Waals surface area contributed by atoms with Crippen LogP contribution >= 0.6 is 11.6 Å². The number of hydrogen-bond donors (Lipinski definition) is 1. The average molecular weight is 434 g/mol. The van der Waals surface area contributed by atoms with Crippen molar-refractivity contribution in [3.05, 3.63) is 70.2 Å². The largest absolute Gasteiger partial charge is 0.338 e. The number of imide groups is 1. The number of rotatable bonds is 3. The van der Waals surface area contributed by atoms with E-state index in [2.05, 4.69) is 5.32 Å². The molecule has 30 heavy (non-hydrogen) atoms. The van der Waals surface area contributed by atoms with Crippen LogP contribution in [0.25, 0.3) is 0 Å². The van der Waals surface area contributed by atoms with E-state index in [0.717, 1.165) is 22.6 Å². The Bertz CT molecular complexity index is 1020. The van der Waals surface area contributed by atoms with Gasteiger partial charge in [-0.3, -0.25) is 14.5 Å². The van der Waals surface area contributed by atoms with Crippen molar-refractivity contribution in [1.29, 1.82) is 0 Å².